The van der Waals surface area contributed by atoms with Crippen LogP contribution in [0.1, 0.15) is 25.6 Å². The third-order valence-electron chi connectivity index (χ3n) is 4.73. The zero-order valence-electron chi connectivity index (χ0n) is 18.9. The summed E-state index contributed by atoms with van der Waals surface area (Å²) in [5, 5.41) is 12.6. The number of amides is 2. The van der Waals surface area contributed by atoms with Gasteiger partial charge in [0, 0.05) is 26.7 Å². The predicted molar refractivity (Wildman–Crippen MR) is 134 cm³/mol. The lowest BCUT2D eigenvalue weighted by molar-refractivity contribution is -0.113. The quantitative estimate of drug-likeness (QED) is 0.349. The molecule has 0 spiro atoms. The molecule has 13 heteroatoms. The molecule has 3 aromatic rings. The summed E-state index contributed by atoms with van der Waals surface area (Å²) >= 11 is 14.3. The van der Waals surface area contributed by atoms with Gasteiger partial charge in [-0.25, -0.2) is 4.79 Å². The summed E-state index contributed by atoms with van der Waals surface area (Å²) < 4.78 is 6.58. The highest BCUT2D eigenvalue weighted by Gasteiger charge is 2.27. The van der Waals surface area contributed by atoms with Crippen LogP contribution >= 0.6 is 46.3 Å². The normalized spacial score (nSPS) is 10.8. The number of methoxy groups -OCH3 is 1. The van der Waals surface area contributed by atoms with Gasteiger partial charge in [0.2, 0.25) is 5.91 Å². The van der Waals surface area contributed by atoms with E-state index in [0.717, 1.165) is 16.9 Å². The van der Waals surface area contributed by atoms with E-state index in [1.165, 1.54) is 23.8 Å². The number of nitrogens with one attached hydrogen (secondary N) is 1. The molecule has 0 aliphatic heterocycles. The highest BCUT2D eigenvalue weighted by molar-refractivity contribution is 7.99. The minimum Gasteiger partial charge on any atom is -0.465 e. The van der Waals surface area contributed by atoms with Crippen molar-refractivity contribution in [3.63, 3.8) is 0 Å². The van der Waals surface area contributed by atoms with Crippen molar-refractivity contribution in [1.82, 2.24) is 19.7 Å². The van der Waals surface area contributed by atoms with Crippen LogP contribution in [0.5, 0.6) is 0 Å². The standard InChI is InChI=1S/C21H21Cl2N5O4S2/c1-10-15(20(31)32-5)18(34-16(10)19(30)27(2)3)24-14(29)9-33-21-26-25-17(28(21)4)11-6-7-12(22)13(23)8-11/h6-8H,9H2,1-5H3,(H,24,29). The van der Waals surface area contributed by atoms with Gasteiger partial charge in [0.25, 0.3) is 5.91 Å². The van der Waals surface area contributed by atoms with Crippen molar-refractivity contribution in [3.8, 4) is 11.4 Å². The molecule has 0 fully saturated rings. The van der Waals surface area contributed by atoms with Crippen LogP contribution in [0.15, 0.2) is 23.4 Å². The summed E-state index contributed by atoms with van der Waals surface area (Å²) in [6.07, 6.45) is 0. The molecule has 2 amide bonds. The van der Waals surface area contributed by atoms with Crippen molar-refractivity contribution in [3.05, 3.63) is 44.2 Å². The SMILES string of the molecule is COC(=O)c1c(NC(=O)CSc2nnc(-c3ccc(Cl)c(Cl)c3)n2C)sc(C(=O)N(C)C)c1C. The minimum absolute atomic E-state index is 0.00185. The van der Waals surface area contributed by atoms with Gasteiger partial charge in [-0.3, -0.25) is 9.59 Å². The molecule has 34 heavy (non-hydrogen) atoms. The number of esters is 1. The van der Waals surface area contributed by atoms with E-state index < -0.39 is 5.97 Å². The molecule has 0 aliphatic rings. The molecule has 1 aromatic carbocycles. The Morgan fingerprint density at radius 3 is 2.53 bits per heavy atom. The summed E-state index contributed by atoms with van der Waals surface area (Å²) in [7, 11) is 6.24. The Labute approximate surface area is 214 Å². The fraction of sp³-hybridized carbons (Fsp3) is 0.286. The van der Waals surface area contributed by atoms with Crippen LogP contribution in [0.4, 0.5) is 5.00 Å². The van der Waals surface area contributed by atoms with Gasteiger partial charge < -0.3 is 19.5 Å². The lowest BCUT2D eigenvalue weighted by atomic mass is 10.1. The van der Waals surface area contributed by atoms with E-state index in [1.54, 1.807) is 50.8 Å². The number of thiophene rings is 1. The van der Waals surface area contributed by atoms with Gasteiger partial charge in [-0.2, -0.15) is 0 Å². The second-order valence-electron chi connectivity index (χ2n) is 7.28. The van der Waals surface area contributed by atoms with Gasteiger partial charge >= 0.3 is 5.97 Å². The van der Waals surface area contributed by atoms with Crippen LogP contribution in [-0.4, -0.2) is 64.4 Å². The molecule has 0 radical (unpaired) electrons. The highest BCUT2D eigenvalue weighted by atomic mass is 35.5. The number of rotatable bonds is 7. The summed E-state index contributed by atoms with van der Waals surface area (Å²) in [5.74, 6) is -0.706. The number of aromatic nitrogens is 3. The number of thioether (sulfide) groups is 1. The largest absolute Gasteiger partial charge is 0.465 e. The second kappa shape index (κ2) is 10.8. The average Bonchev–Trinajstić information content (AvgIpc) is 3.32. The maximum absolute atomic E-state index is 12.7. The number of hydrogen-bond donors (Lipinski definition) is 1. The highest BCUT2D eigenvalue weighted by Crippen LogP contribution is 2.35. The Morgan fingerprint density at radius 2 is 1.91 bits per heavy atom. The molecule has 3 rings (SSSR count). The van der Waals surface area contributed by atoms with Crippen LogP contribution in [0.3, 0.4) is 0 Å². The number of halogens is 2. The van der Waals surface area contributed by atoms with E-state index in [9.17, 15) is 14.4 Å². The van der Waals surface area contributed by atoms with Crippen molar-refractivity contribution in [1.29, 1.82) is 0 Å². The van der Waals surface area contributed by atoms with Crippen molar-refractivity contribution in [2.24, 2.45) is 7.05 Å². The third-order valence-corrected chi connectivity index (χ3v) is 7.69. The molecule has 0 bridgehead atoms. The van der Waals surface area contributed by atoms with Crippen molar-refractivity contribution < 1.29 is 19.1 Å². The molecule has 2 aromatic heterocycles. The zero-order valence-corrected chi connectivity index (χ0v) is 22.1. The maximum Gasteiger partial charge on any atom is 0.341 e. The lowest BCUT2D eigenvalue weighted by Gasteiger charge is -2.08. The van der Waals surface area contributed by atoms with E-state index in [-0.39, 0.29) is 28.1 Å². The molecule has 180 valence electrons. The van der Waals surface area contributed by atoms with Crippen LogP contribution < -0.4 is 5.32 Å². The van der Waals surface area contributed by atoms with E-state index >= 15 is 0 Å². The lowest BCUT2D eigenvalue weighted by Crippen LogP contribution is -2.21. The number of carbonyl (C=O) groups excluding carboxylic acids is 3. The smallest absolute Gasteiger partial charge is 0.341 e. The predicted octanol–water partition coefficient (Wildman–Crippen LogP) is 4.38. The van der Waals surface area contributed by atoms with E-state index in [1.807, 2.05) is 0 Å². The van der Waals surface area contributed by atoms with Crippen LogP contribution in [0.25, 0.3) is 11.4 Å². The topological polar surface area (TPSA) is 106 Å². The fourth-order valence-corrected chi connectivity index (χ4v) is 5.22. The van der Waals surface area contributed by atoms with Gasteiger partial charge in [0.15, 0.2) is 11.0 Å². The van der Waals surface area contributed by atoms with E-state index in [2.05, 4.69) is 15.5 Å². The number of carbonyl (C=O) groups is 3. The van der Waals surface area contributed by atoms with Gasteiger partial charge in [0.05, 0.1) is 33.3 Å². The van der Waals surface area contributed by atoms with Crippen LogP contribution in [0.2, 0.25) is 10.0 Å². The zero-order chi connectivity index (χ0) is 25.2. The Hall–Kier alpha value is -2.60. The van der Waals surface area contributed by atoms with Crippen LogP contribution in [-0.2, 0) is 16.6 Å². The van der Waals surface area contributed by atoms with Gasteiger partial charge in [-0.15, -0.1) is 21.5 Å². The molecular weight excluding hydrogens is 521 g/mol. The molecule has 2 heterocycles. The third kappa shape index (κ3) is 5.38. The molecular formula is C21H21Cl2N5O4S2. The monoisotopic (exact) mass is 541 g/mol. The molecule has 1 N–H and O–H groups in total. The van der Waals surface area contributed by atoms with Gasteiger partial charge in [-0.05, 0) is 30.7 Å². The minimum atomic E-state index is -0.630. The van der Waals surface area contributed by atoms with Gasteiger partial charge in [0.1, 0.15) is 5.00 Å². The Morgan fingerprint density at radius 1 is 1.21 bits per heavy atom. The molecule has 0 aliphatic carbocycles. The second-order valence-corrected chi connectivity index (χ2v) is 10.1. The summed E-state index contributed by atoms with van der Waals surface area (Å²) in [6.45, 7) is 1.65. The van der Waals surface area contributed by atoms with E-state index in [4.69, 9.17) is 27.9 Å². The molecule has 0 unspecified atom stereocenters. The Balaban J connectivity index is 1.76. The summed E-state index contributed by atoms with van der Waals surface area (Å²) in [5.41, 5.74) is 1.35. The van der Waals surface area contributed by atoms with Crippen molar-refractivity contribution in [2.45, 2.75) is 12.1 Å². The first-order valence-corrected chi connectivity index (χ1v) is 12.3. The molecule has 0 saturated carbocycles. The first kappa shape index (κ1) is 26.0. The van der Waals surface area contributed by atoms with Crippen molar-refractivity contribution in [2.75, 3.05) is 32.3 Å². The number of ether oxygens (including phenoxy) is 1. The number of hydrogen-bond acceptors (Lipinski definition) is 8. The van der Waals surface area contributed by atoms with E-state index in [0.29, 0.717) is 31.5 Å². The Bertz CT molecular complexity index is 1270. The molecule has 9 nitrogen and oxygen atoms in total. The Kier molecular flexibility index (Phi) is 8.24. The van der Waals surface area contributed by atoms with Crippen LogP contribution in [0, 0.1) is 6.92 Å². The number of benzene rings is 1. The number of anilines is 1. The maximum atomic E-state index is 12.7. The van der Waals surface area contributed by atoms with Gasteiger partial charge in [-0.1, -0.05) is 35.0 Å². The first-order valence-electron chi connectivity index (χ1n) is 9.76. The average molecular weight is 542 g/mol. The molecule has 0 saturated heterocycles. The first-order chi connectivity index (χ1) is 16.0. The molecule has 0 atom stereocenters. The number of nitrogens with zero attached hydrogens (tertiary/aromatic N) is 4. The fourth-order valence-electron chi connectivity index (χ4n) is 2.98. The summed E-state index contributed by atoms with van der Waals surface area (Å²) in [4.78, 5) is 39.2. The van der Waals surface area contributed by atoms with Crippen molar-refractivity contribution >= 4 is 69.1 Å². The summed E-state index contributed by atoms with van der Waals surface area (Å²) in [6, 6.07) is 5.14.